The van der Waals surface area contributed by atoms with Gasteiger partial charge in [-0.2, -0.15) is 0 Å². The molecule has 0 radical (unpaired) electrons. The minimum absolute atomic E-state index is 1.26. The van der Waals surface area contributed by atoms with E-state index < -0.39 is 29.3 Å². The van der Waals surface area contributed by atoms with Gasteiger partial charge in [-0.3, -0.25) is 0 Å². The average molecular weight is 811 g/mol. The maximum atomic E-state index is 2.44. The second-order valence-corrected chi connectivity index (χ2v) is 23.0. The van der Waals surface area contributed by atoms with E-state index in [0.29, 0.717) is 0 Å². The van der Waals surface area contributed by atoms with Crippen LogP contribution in [0.5, 0.6) is 0 Å². The van der Waals surface area contributed by atoms with E-state index >= 15 is 0 Å². The van der Waals surface area contributed by atoms with Crippen LogP contribution < -0.4 is 26.1 Å². The van der Waals surface area contributed by atoms with Crippen molar-refractivity contribution < 1.29 is 0 Å². The zero-order chi connectivity index (χ0) is 35.8. The van der Waals surface area contributed by atoms with Crippen molar-refractivity contribution >= 4 is 98.5 Å². The number of benzene rings is 10. The van der Waals surface area contributed by atoms with Gasteiger partial charge in [0.15, 0.2) is 0 Å². The molecule has 2 heteroatoms. The van der Waals surface area contributed by atoms with Crippen LogP contribution in [0.4, 0.5) is 0 Å². The third-order valence-corrected chi connectivity index (χ3v) is 21.0. The number of hydrogen-bond acceptors (Lipinski definition) is 0. The van der Waals surface area contributed by atoms with Gasteiger partial charge in [0.2, 0.25) is 0 Å². The number of hydrogen-bond donors (Lipinski definition) is 0. The quantitative estimate of drug-likeness (QED) is 0.141. The Bertz CT molecular complexity index is 2730. The first-order valence-electron chi connectivity index (χ1n) is 18.5. The molecule has 0 amide bonds. The molecule has 0 aliphatic heterocycles. The zero-order valence-electron chi connectivity index (χ0n) is 29.7. The predicted octanol–water partition coefficient (Wildman–Crippen LogP) is 9.00. The summed E-state index contributed by atoms with van der Waals surface area (Å²) in [6.45, 7) is 0. The van der Waals surface area contributed by atoms with E-state index in [1.54, 1.807) is 0 Å². The van der Waals surface area contributed by atoms with Crippen LogP contribution in [0.1, 0.15) is 0 Å². The van der Waals surface area contributed by atoms with Crippen molar-refractivity contribution in [1.29, 1.82) is 0 Å². The van der Waals surface area contributed by atoms with Gasteiger partial charge >= 0.3 is 328 Å². The van der Waals surface area contributed by atoms with E-state index in [-0.39, 0.29) is 0 Å². The normalized spacial score (nSPS) is 12.7. The number of rotatable bonds is 7. The third-order valence-electron chi connectivity index (χ3n) is 10.6. The zero-order valence-corrected chi connectivity index (χ0v) is 33.4. The Morgan fingerprint density at radius 3 is 0.981 bits per heavy atom. The van der Waals surface area contributed by atoms with Crippen molar-refractivity contribution in [3.05, 3.63) is 218 Å². The Hall–Kier alpha value is -5.64. The van der Waals surface area contributed by atoms with E-state index in [1.165, 1.54) is 80.3 Å². The van der Waals surface area contributed by atoms with Gasteiger partial charge in [0.25, 0.3) is 0 Å². The molecule has 0 N–H and O–H groups in total. The maximum absolute atomic E-state index is 2.44. The molecule has 0 aromatic heterocycles. The van der Waals surface area contributed by atoms with Gasteiger partial charge in [0.1, 0.15) is 0 Å². The van der Waals surface area contributed by atoms with Gasteiger partial charge in [-0.15, -0.1) is 0 Å². The van der Waals surface area contributed by atoms with Crippen LogP contribution in [0, 0.1) is 0 Å². The molecule has 0 bridgehead atoms. The van der Waals surface area contributed by atoms with Gasteiger partial charge in [-0.05, 0) is 0 Å². The Labute approximate surface area is 325 Å². The molecular formula is C52H36As2. The molecule has 10 rings (SSSR count). The molecule has 0 saturated carbocycles. The van der Waals surface area contributed by atoms with Crippen LogP contribution >= 0.6 is 0 Å². The molecule has 254 valence electrons. The third kappa shape index (κ3) is 6.17. The molecule has 54 heavy (non-hydrogen) atoms. The second kappa shape index (κ2) is 14.3. The van der Waals surface area contributed by atoms with Gasteiger partial charge in [0.05, 0.1) is 0 Å². The Kier molecular flexibility index (Phi) is 8.73. The molecule has 2 atom stereocenters. The van der Waals surface area contributed by atoms with E-state index in [2.05, 4.69) is 218 Å². The summed E-state index contributed by atoms with van der Waals surface area (Å²) in [4.78, 5) is 0. The molecule has 0 heterocycles. The Balaban J connectivity index is 1.04. The van der Waals surface area contributed by atoms with Crippen LogP contribution in [0.25, 0.3) is 54.2 Å². The standard InChI is InChI=1S/C52H36As2/c1-3-15-43-35-47(33-27-37(43)11-1)53(51-21-9-17-41-13-5-7-19-49(41)51)45-29-23-39(24-30-45)40-25-31-46(32-26-40)54(48-34-28-38-12-2-4-16-44(38)36-48)52-22-10-18-42-14-6-8-20-50(42)52/h1-36H. The fraction of sp³-hybridized carbons (Fsp3) is 0. The first-order valence-corrected chi connectivity index (χ1v) is 24.1. The molecule has 10 aromatic rings. The SMILES string of the molecule is c1ccc2cc([As](c3ccc(-c4ccc([As](c5ccc6ccccc6c5)c5cccc6ccccc56)cc4)cc3)c3cccc4ccccc34)ccc2c1. The van der Waals surface area contributed by atoms with Crippen molar-refractivity contribution in [3.8, 4) is 11.1 Å². The van der Waals surface area contributed by atoms with Crippen molar-refractivity contribution in [2.24, 2.45) is 0 Å². The van der Waals surface area contributed by atoms with Crippen LogP contribution in [-0.4, -0.2) is 29.3 Å². The molecule has 0 spiro atoms. The van der Waals surface area contributed by atoms with Gasteiger partial charge in [0, 0.05) is 0 Å². The summed E-state index contributed by atoms with van der Waals surface area (Å²) in [5, 5.41) is 10.5. The molecule has 0 nitrogen and oxygen atoms in total. The molecular weight excluding hydrogens is 774 g/mol. The van der Waals surface area contributed by atoms with Crippen LogP contribution in [0.15, 0.2) is 218 Å². The molecule has 0 fully saturated rings. The van der Waals surface area contributed by atoms with Crippen molar-refractivity contribution in [3.63, 3.8) is 0 Å². The van der Waals surface area contributed by atoms with Crippen LogP contribution in [0.2, 0.25) is 0 Å². The molecule has 0 saturated heterocycles. The van der Waals surface area contributed by atoms with E-state index in [4.69, 9.17) is 0 Å². The first-order chi connectivity index (χ1) is 26.8. The van der Waals surface area contributed by atoms with Gasteiger partial charge in [-0.25, -0.2) is 0 Å². The summed E-state index contributed by atoms with van der Waals surface area (Å²) in [7, 11) is 0. The topological polar surface area (TPSA) is 0 Å². The van der Waals surface area contributed by atoms with Crippen molar-refractivity contribution in [2.45, 2.75) is 0 Å². The van der Waals surface area contributed by atoms with Gasteiger partial charge in [-0.1, -0.05) is 0 Å². The fourth-order valence-electron chi connectivity index (χ4n) is 7.90. The summed E-state index contributed by atoms with van der Waals surface area (Å²) >= 11 is -3.80. The van der Waals surface area contributed by atoms with E-state index in [9.17, 15) is 0 Å². The predicted molar refractivity (Wildman–Crippen MR) is 237 cm³/mol. The van der Waals surface area contributed by atoms with Crippen LogP contribution in [0.3, 0.4) is 0 Å². The molecule has 0 aliphatic carbocycles. The van der Waals surface area contributed by atoms with Crippen LogP contribution in [-0.2, 0) is 0 Å². The monoisotopic (exact) mass is 810 g/mol. The average Bonchev–Trinajstić information content (AvgIpc) is 3.24. The summed E-state index contributed by atoms with van der Waals surface area (Å²) in [5.74, 6) is 0. The summed E-state index contributed by atoms with van der Waals surface area (Å²) in [6, 6.07) is 82.2. The minimum atomic E-state index is -1.90. The first kappa shape index (κ1) is 33.0. The summed E-state index contributed by atoms with van der Waals surface area (Å²) < 4.78 is 8.74. The fourth-order valence-corrected chi connectivity index (χ4v) is 18.3. The molecule has 0 aliphatic rings. The van der Waals surface area contributed by atoms with E-state index in [1.807, 2.05) is 0 Å². The Morgan fingerprint density at radius 1 is 0.222 bits per heavy atom. The molecule has 2 unspecified atom stereocenters. The second-order valence-electron chi connectivity index (χ2n) is 13.8. The Morgan fingerprint density at radius 2 is 0.556 bits per heavy atom. The van der Waals surface area contributed by atoms with Crippen molar-refractivity contribution in [1.82, 2.24) is 0 Å². The number of fused-ring (bicyclic) bond motifs is 4. The summed E-state index contributed by atoms with van der Waals surface area (Å²) in [5.41, 5.74) is 2.51. The molecule has 10 aromatic carbocycles. The van der Waals surface area contributed by atoms with Crippen molar-refractivity contribution in [2.75, 3.05) is 0 Å². The van der Waals surface area contributed by atoms with E-state index in [0.717, 1.165) is 0 Å². The summed E-state index contributed by atoms with van der Waals surface area (Å²) in [6.07, 6.45) is 0. The van der Waals surface area contributed by atoms with Gasteiger partial charge < -0.3 is 0 Å².